The minimum absolute atomic E-state index is 0.173. The van der Waals surface area contributed by atoms with Gasteiger partial charge < -0.3 is 24.0 Å². The van der Waals surface area contributed by atoms with Gasteiger partial charge in [0.1, 0.15) is 34.5 Å². The molecule has 0 aliphatic carbocycles. The first-order valence-electron chi connectivity index (χ1n) is 42.3. The van der Waals surface area contributed by atoms with Crippen molar-refractivity contribution in [3.8, 4) is 112 Å². The van der Waals surface area contributed by atoms with Gasteiger partial charge in [-0.2, -0.15) is 0 Å². The van der Waals surface area contributed by atoms with Crippen LogP contribution in [0.3, 0.4) is 0 Å². The molecule has 0 saturated heterocycles. The Morgan fingerprint density at radius 1 is 0.172 bits per heavy atom. The van der Waals surface area contributed by atoms with Crippen LogP contribution in [0, 0.1) is 0 Å². The topological polar surface area (TPSA) is 34.2 Å². The summed E-state index contributed by atoms with van der Waals surface area (Å²) in [5.41, 5.74) is 29.3. The Bertz CT molecular complexity index is 7080. The predicted octanol–water partition coefficient (Wildman–Crippen LogP) is 32.7. The van der Waals surface area contributed by atoms with Crippen molar-refractivity contribution in [2.75, 3.05) is 9.80 Å². The van der Waals surface area contributed by atoms with Crippen LogP contribution in [0.2, 0.25) is 0 Å². The van der Waals surface area contributed by atoms with Gasteiger partial charge in [0.2, 0.25) is 0 Å². The van der Waals surface area contributed by atoms with E-state index in [2.05, 4.69) is 476 Å². The molecule has 584 valence electrons. The molecule has 0 aromatic heterocycles. The lowest BCUT2D eigenvalue weighted by Crippen LogP contribution is -2.24. The molecule has 0 unspecified atom stereocenters. The van der Waals surface area contributed by atoms with Gasteiger partial charge in [-0.3, -0.25) is 0 Å². The van der Waals surface area contributed by atoms with E-state index in [4.69, 9.17) is 14.2 Å². The van der Waals surface area contributed by atoms with E-state index in [-0.39, 0.29) is 16.2 Å². The van der Waals surface area contributed by atoms with Crippen LogP contribution < -0.4 is 24.0 Å². The van der Waals surface area contributed by atoms with E-state index in [1.807, 2.05) is 0 Å². The van der Waals surface area contributed by atoms with Crippen molar-refractivity contribution in [1.29, 1.82) is 0 Å². The number of hydrogen-bond donors (Lipinski definition) is 0. The molecule has 3 aliphatic rings. The largest absolute Gasteiger partial charge is 0.456 e. The van der Waals surface area contributed by atoms with E-state index in [0.717, 1.165) is 118 Å². The normalized spacial score (nSPS) is 13.4. The van der Waals surface area contributed by atoms with Gasteiger partial charge >= 0.3 is 0 Å². The molecule has 0 bridgehead atoms. The smallest absolute Gasteiger partial charge is 0.139 e. The quantitative estimate of drug-likeness (QED) is 0.115. The molecule has 19 aromatic carbocycles. The number of nitrogens with zero attached hydrogens (tertiary/aromatic N) is 2. The molecular formula is C117H88N2O3. The molecule has 3 aliphatic heterocycles. The van der Waals surface area contributed by atoms with E-state index in [0.29, 0.717) is 0 Å². The molecule has 3 heterocycles. The van der Waals surface area contributed by atoms with Gasteiger partial charge in [0, 0.05) is 100 Å². The van der Waals surface area contributed by atoms with Crippen molar-refractivity contribution in [2.45, 2.75) is 57.8 Å². The Labute approximate surface area is 713 Å². The molecular weight excluding hydrogens is 1480 g/mol. The van der Waals surface area contributed by atoms with Gasteiger partial charge in [-0.1, -0.05) is 381 Å². The van der Waals surface area contributed by atoms with Crippen molar-refractivity contribution < 1.29 is 14.2 Å². The Morgan fingerprint density at radius 2 is 0.443 bits per heavy atom. The SMILES string of the molecule is CC1(C)c2ccccc2Oc2c(-c3ccc(N(c4ccc(-c5ccc(-c6ccccc6)cc5)cc4)c4ccc(-c5cccc6c5Oc5ccccc5C6(C)C)c5ccccc45)cc3)cccc21.CC1(C)c2ccccc2Oc2c(-c3ccc(N(c4ccc(-c5cccc6ccccc56)cc4)c4ccc(-c5cccc6ccccc56)cc4)cc3)cccc21. The summed E-state index contributed by atoms with van der Waals surface area (Å²) in [5.74, 6) is 5.52. The lowest BCUT2D eigenvalue weighted by Gasteiger charge is -2.35. The first-order valence-corrected chi connectivity index (χ1v) is 42.3. The maximum atomic E-state index is 6.83. The van der Waals surface area contributed by atoms with Crippen molar-refractivity contribution >= 4 is 66.4 Å². The Balaban J connectivity index is 0.000000153. The molecule has 5 heteroatoms. The van der Waals surface area contributed by atoms with Crippen LogP contribution in [0.5, 0.6) is 34.5 Å². The Morgan fingerprint density at radius 3 is 0.852 bits per heavy atom. The van der Waals surface area contributed by atoms with Crippen LogP contribution in [0.15, 0.2) is 425 Å². The second-order valence-corrected chi connectivity index (χ2v) is 33.8. The van der Waals surface area contributed by atoms with E-state index in [1.54, 1.807) is 0 Å². The fourth-order valence-corrected chi connectivity index (χ4v) is 19.1. The molecule has 19 aromatic rings. The summed E-state index contributed by atoms with van der Waals surface area (Å²) in [7, 11) is 0. The van der Waals surface area contributed by atoms with Crippen LogP contribution >= 0.6 is 0 Å². The van der Waals surface area contributed by atoms with Crippen molar-refractivity contribution in [3.63, 3.8) is 0 Å². The number of fused-ring (bicyclic) bond motifs is 9. The first-order chi connectivity index (χ1) is 59.8. The monoisotopic (exact) mass is 1570 g/mol. The first kappa shape index (κ1) is 74.5. The highest BCUT2D eigenvalue weighted by atomic mass is 16.5. The highest BCUT2D eigenvalue weighted by molar-refractivity contribution is 6.08. The van der Waals surface area contributed by atoms with E-state index < -0.39 is 0 Å². The fourth-order valence-electron chi connectivity index (χ4n) is 19.1. The zero-order valence-electron chi connectivity index (χ0n) is 69.0. The average molecular weight is 1570 g/mol. The molecule has 22 rings (SSSR count). The number of anilines is 6. The van der Waals surface area contributed by atoms with Gasteiger partial charge in [0.05, 0.1) is 5.69 Å². The highest BCUT2D eigenvalue weighted by Crippen LogP contribution is 2.57. The summed E-state index contributed by atoms with van der Waals surface area (Å²) in [6.07, 6.45) is 0. The van der Waals surface area contributed by atoms with Gasteiger partial charge in [-0.15, -0.1) is 0 Å². The average Bonchev–Trinajstić information content (AvgIpc) is 0.737. The third kappa shape index (κ3) is 13.1. The summed E-state index contributed by atoms with van der Waals surface area (Å²) in [4.78, 5) is 4.74. The second-order valence-electron chi connectivity index (χ2n) is 33.8. The summed E-state index contributed by atoms with van der Waals surface area (Å²) in [6, 6.07) is 153. The third-order valence-electron chi connectivity index (χ3n) is 25.6. The van der Waals surface area contributed by atoms with Crippen LogP contribution in [-0.2, 0) is 16.2 Å². The number of rotatable bonds is 13. The Hall–Kier alpha value is -15.0. The van der Waals surface area contributed by atoms with Gasteiger partial charge in [-0.05, 0) is 173 Å². The molecule has 5 nitrogen and oxygen atoms in total. The minimum Gasteiger partial charge on any atom is -0.456 e. The molecule has 0 spiro atoms. The van der Waals surface area contributed by atoms with Crippen LogP contribution in [0.4, 0.5) is 34.1 Å². The fraction of sp³-hybridized carbons (Fsp3) is 0.0769. The molecule has 122 heavy (non-hydrogen) atoms. The maximum Gasteiger partial charge on any atom is 0.139 e. The predicted molar refractivity (Wildman–Crippen MR) is 509 cm³/mol. The minimum atomic E-state index is -0.221. The lowest BCUT2D eigenvalue weighted by atomic mass is 9.74. The molecule has 0 saturated carbocycles. The highest BCUT2D eigenvalue weighted by Gasteiger charge is 2.39. The van der Waals surface area contributed by atoms with Gasteiger partial charge in [-0.25, -0.2) is 0 Å². The van der Waals surface area contributed by atoms with E-state index in [1.165, 1.54) is 93.9 Å². The van der Waals surface area contributed by atoms with Gasteiger partial charge in [0.25, 0.3) is 0 Å². The number of benzene rings is 19. The second kappa shape index (κ2) is 30.4. The molecule has 0 atom stereocenters. The molecule has 0 radical (unpaired) electrons. The zero-order valence-corrected chi connectivity index (χ0v) is 69.0. The van der Waals surface area contributed by atoms with Crippen LogP contribution in [-0.4, -0.2) is 0 Å². The summed E-state index contributed by atoms with van der Waals surface area (Å²) in [5, 5.41) is 7.30. The van der Waals surface area contributed by atoms with Crippen LogP contribution in [0.1, 0.15) is 74.9 Å². The van der Waals surface area contributed by atoms with E-state index in [9.17, 15) is 0 Å². The molecule has 0 amide bonds. The third-order valence-corrected chi connectivity index (χ3v) is 25.6. The van der Waals surface area contributed by atoms with Gasteiger partial charge in [0.15, 0.2) is 0 Å². The maximum absolute atomic E-state index is 6.83. The molecule has 0 fully saturated rings. The standard InChI is InChI=1S/C64H49NO2.C53H39NO/c1-63(2)54-22-10-12-26-59(54)66-61-49(20-14-24-56(61)63)46-34-38-48(39-35-46)65(47-36-32-45(33-37-47)44-30-28-43(29-31-44)42-16-6-5-7-17-42)58-41-40-51(50-18-8-9-19-52(50)58)53-21-15-25-57-62(53)67-60-27-13-11-23-55(60)64(57,3)4;1-53(2)49-21-7-8-23-51(49)55-52-48(20-11-22-50(52)53)40-28-34-43(35-29-40)54(41-30-24-38(25-31-41)46-18-9-14-36-12-3-5-16-44(36)46)42-32-26-39(27-33-42)47-19-10-15-37-13-4-6-17-45(37)47/h5-41H,1-4H3;3-35H,1-2H3. The Kier molecular flexibility index (Phi) is 18.6. The van der Waals surface area contributed by atoms with E-state index >= 15 is 0 Å². The summed E-state index contributed by atoms with van der Waals surface area (Å²) < 4.78 is 20.2. The lowest BCUT2D eigenvalue weighted by molar-refractivity contribution is 0.419. The van der Waals surface area contributed by atoms with Crippen LogP contribution in [0.25, 0.3) is 110 Å². The van der Waals surface area contributed by atoms with Crippen molar-refractivity contribution in [3.05, 3.63) is 458 Å². The van der Waals surface area contributed by atoms with Crippen molar-refractivity contribution in [2.24, 2.45) is 0 Å². The summed E-state index contributed by atoms with van der Waals surface area (Å²) in [6.45, 7) is 13.7. The number of ether oxygens (including phenoxy) is 3. The van der Waals surface area contributed by atoms with Crippen molar-refractivity contribution in [1.82, 2.24) is 0 Å². The zero-order chi connectivity index (χ0) is 82.2. The number of para-hydroxylation sites is 6. The summed E-state index contributed by atoms with van der Waals surface area (Å²) >= 11 is 0. The number of hydrogen-bond acceptors (Lipinski definition) is 5. The molecule has 0 N–H and O–H groups in total.